The quantitative estimate of drug-likeness (QED) is 0.326. The highest BCUT2D eigenvalue weighted by Crippen LogP contribution is 2.26. The minimum absolute atomic E-state index is 0.0912. The molecule has 0 fully saturated rings. The Hall–Kier alpha value is -4.30. The van der Waals surface area contributed by atoms with Gasteiger partial charge in [0.2, 0.25) is 5.91 Å². The minimum Gasteiger partial charge on any atom is -0.497 e. The van der Waals surface area contributed by atoms with E-state index in [1.54, 1.807) is 66.7 Å². The number of nitrogens with zero attached hydrogens (tertiary/aromatic N) is 1. The van der Waals surface area contributed by atoms with E-state index in [0.29, 0.717) is 29.5 Å². The molecule has 0 aliphatic heterocycles. The average molecular weight is 503 g/mol. The number of sulfonamides is 1. The predicted molar refractivity (Wildman–Crippen MR) is 140 cm³/mol. The fraction of sp³-hybridized carbons (Fsp3) is 0.107. The average Bonchev–Trinajstić information content (AvgIpc) is 2.92. The highest BCUT2D eigenvalue weighted by atomic mass is 32.2. The molecule has 0 aliphatic carbocycles. The predicted octanol–water partition coefficient (Wildman–Crippen LogP) is 5.11. The van der Waals surface area contributed by atoms with Crippen molar-refractivity contribution in [2.75, 3.05) is 23.3 Å². The molecule has 4 rings (SSSR count). The molecule has 0 aromatic heterocycles. The molecule has 0 spiro atoms. The van der Waals surface area contributed by atoms with Crippen molar-refractivity contribution in [3.63, 3.8) is 0 Å². The van der Waals surface area contributed by atoms with Crippen LogP contribution in [0.25, 0.3) is 0 Å². The lowest BCUT2D eigenvalue weighted by atomic mass is 10.2. The Kier molecular flexibility index (Phi) is 7.87. The normalized spacial score (nSPS) is 10.9. The first-order chi connectivity index (χ1) is 17.5. The molecule has 36 heavy (non-hydrogen) atoms. The van der Waals surface area contributed by atoms with Gasteiger partial charge < -0.3 is 14.8 Å². The van der Waals surface area contributed by atoms with E-state index in [-0.39, 0.29) is 4.90 Å². The third-order valence-electron chi connectivity index (χ3n) is 5.37. The molecular weight excluding hydrogens is 476 g/mol. The van der Waals surface area contributed by atoms with Gasteiger partial charge in [0, 0.05) is 5.69 Å². The SMILES string of the molecule is COc1ccc(N(CC(=O)Nc2ccc(OCc3ccccc3)cc2)S(=O)(=O)c2ccccc2)cc1. The fourth-order valence-electron chi connectivity index (χ4n) is 3.49. The maximum absolute atomic E-state index is 13.4. The number of nitrogens with one attached hydrogen (secondary N) is 1. The summed E-state index contributed by atoms with van der Waals surface area (Å²) in [5.41, 5.74) is 1.92. The van der Waals surface area contributed by atoms with Crippen molar-refractivity contribution in [2.24, 2.45) is 0 Å². The van der Waals surface area contributed by atoms with Gasteiger partial charge in [-0.05, 0) is 66.2 Å². The Labute approximate surface area is 211 Å². The summed E-state index contributed by atoms with van der Waals surface area (Å²) in [4.78, 5) is 13.0. The summed E-state index contributed by atoms with van der Waals surface area (Å²) in [5, 5.41) is 2.76. The van der Waals surface area contributed by atoms with E-state index in [2.05, 4.69) is 5.32 Å². The van der Waals surface area contributed by atoms with E-state index >= 15 is 0 Å². The summed E-state index contributed by atoms with van der Waals surface area (Å²) in [5.74, 6) is 0.751. The van der Waals surface area contributed by atoms with Crippen LogP contribution in [0, 0.1) is 0 Å². The number of hydrogen-bond donors (Lipinski definition) is 1. The first-order valence-corrected chi connectivity index (χ1v) is 12.7. The molecule has 1 amide bonds. The standard InChI is InChI=1S/C28H26N2O5S/c1-34-25-18-14-24(15-19-25)30(36(32,33)27-10-6-3-7-11-27)20-28(31)29-23-12-16-26(17-13-23)35-21-22-8-4-2-5-9-22/h2-19H,20-21H2,1H3,(H,29,31). The van der Waals surface area contributed by atoms with E-state index < -0.39 is 22.5 Å². The zero-order chi connectivity index (χ0) is 25.4. The number of methoxy groups -OCH3 is 1. The number of rotatable bonds is 10. The molecule has 4 aromatic carbocycles. The molecule has 0 radical (unpaired) electrons. The molecule has 0 saturated heterocycles. The van der Waals surface area contributed by atoms with Crippen molar-refractivity contribution in [1.29, 1.82) is 0 Å². The summed E-state index contributed by atoms with van der Waals surface area (Å²) in [6, 6.07) is 31.2. The largest absolute Gasteiger partial charge is 0.497 e. The summed E-state index contributed by atoms with van der Waals surface area (Å²) in [7, 11) is -2.46. The van der Waals surface area contributed by atoms with Crippen LogP contribution in [0.1, 0.15) is 5.56 Å². The summed E-state index contributed by atoms with van der Waals surface area (Å²) in [6.45, 7) is 0.0243. The van der Waals surface area contributed by atoms with Crippen LogP contribution in [-0.4, -0.2) is 28.0 Å². The first-order valence-electron chi connectivity index (χ1n) is 11.2. The lowest BCUT2D eigenvalue weighted by Crippen LogP contribution is -2.38. The van der Waals surface area contributed by atoms with Gasteiger partial charge in [-0.15, -0.1) is 0 Å². The van der Waals surface area contributed by atoms with Crippen LogP contribution >= 0.6 is 0 Å². The molecule has 0 saturated carbocycles. The second-order valence-corrected chi connectivity index (χ2v) is 9.73. The molecule has 0 unspecified atom stereocenters. The lowest BCUT2D eigenvalue weighted by molar-refractivity contribution is -0.114. The molecule has 0 heterocycles. The fourth-order valence-corrected chi connectivity index (χ4v) is 4.93. The van der Waals surface area contributed by atoms with Crippen molar-refractivity contribution in [2.45, 2.75) is 11.5 Å². The number of amides is 1. The first kappa shape index (κ1) is 24.8. The monoisotopic (exact) mass is 502 g/mol. The Morgan fingerprint density at radius 2 is 1.36 bits per heavy atom. The molecule has 0 aliphatic rings. The molecule has 7 nitrogen and oxygen atoms in total. The van der Waals surface area contributed by atoms with Crippen LogP contribution < -0.4 is 19.1 Å². The van der Waals surface area contributed by atoms with Crippen LogP contribution in [0.5, 0.6) is 11.5 Å². The Morgan fingerprint density at radius 1 is 0.778 bits per heavy atom. The maximum Gasteiger partial charge on any atom is 0.264 e. The number of ether oxygens (including phenoxy) is 2. The van der Waals surface area contributed by atoms with E-state index in [0.717, 1.165) is 9.87 Å². The van der Waals surface area contributed by atoms with E-state index in [1.807, 2.05) is 30.3 Å². The zero-order valence-electron chi connectivity index (χ0n) is 19.7. The number of anilines is 2. The van der Waals surface area contributed by atoms with Crippen molar-refractivity contribution >= 4 is 27.3 Å². The number of benzene rings is 4. The van der Waals surface area contributed by atoms with Crippen molar-refractivity contribution in [3.05, 3.63) is 115 Å². The van der Waals surface area contributed by atoms with Gasteiger partial charge in [-0.25, -0.2) is 8.42 Å². The zero-order valence-corrected chi connectivity index (χ0v) is 20.5. The third-order valence-corrected chi connectivity index (χ3v) is 7.15. The summed E-state index contributed by atoms with van der Waals surface area (Å²) < 4.78 is 38.8. The van der Waals surface area contributed by atoms with Crippen LogP contribution in [0.3, 0.4) is 0 Å². The van der Waals surface area contributed by atoms with Gasteiger partial charge in [0.15, 0.2) is 0 Å². The number of carbonyl (C=O) groups is 1. The van der Waals surface area contributed by atoms with Crippen LogP contribution in [-0.2, 0) is 21.4 Å². The van der Waals surface area contributed by atoms with Gasteiger partial charge in [-0.3, -0.25) is 9.10 Å². The van der Waals surface area contributed by atoms with Crippen molar-refractivity contribution < 1.29 is 22.7 Å². The molecule has 1 N–H and O–H groups in total. The second-order valence-electron chi connectivity index (χ2n) is 7.87. The highest BCUT2D eigenvalue weighted by Gasteiger charge is 2.27. The molecular formula is C28H26N2O5S. The molecule has 8 heteroatoms. The molecule has 0 atom stereocenters. The van der Waals surface area contributed by atoms with Gasteiger partial charge in [0.05, 0.1) is 17.7 Å². The van der Waals surface area contributed by atoms with E-state index in [1.165, 1.54) is 19.2 Å². The van der Waals surface area contributed by atoms with Gasteiger partial charge in [-0.1, -0.05) is 48.5 Å². The van der Waals surface area contributed by atoms with Gasteiger partial charge >= 0.3 is 0 Å². The Morgan fingerprint density at radius 3 is 1.97 bits per heavy atom. The number of hydrogen-bond acceptors (Lipinski definition) is 5. The van der Waals surface area contributed by atoms with Crippen molar-refractivity contribution in [1.82, 2.24) is 0 Å². The van der Waals surface area contributed by atoms with Crippen LogP contribution in [0.2, 0.25) is 0 Å². The number of carbonyl (C=O) groups excluding carboxylic acids is 1. The van der Waals surface area contributed by atoms with Gasteiger partial charge in [0.1, 0.15) is 24.7 Å². The Balaban J connectivity index is 1.47. The lowest BCUT2D eigenvalue weighted by Gasteiger charge is -2.24. The summed E-state index contributed by atoms with van der Waals surface area (Å²) >= 11 is 0. The van der Waals surface area contributed by atoms with Gasteiger partial charge in [-0.2, -0.15) is 0 Å². The summed E-state index contributed by atoms with van der Waals surface area (Å²) in [6.07, 6.45) is 0. The minimum atomic E-state index is -3.99. The Bertz CT molecular complexity index is 1380. The topological polar surface area (TPSA) is 84.9 Å². The second kappa shape index (κ2) is 11.4. The molecule has 184 valence electrons. The van der Waals surface area contributed by atoms with E-state index in [9.17, 15) is 13.2 Å². The third kappa shape index (κ3) is 6.22. The highest BCUT2D eigenvalue weighted by molar-refractivity contribution is 7.92. The maximum atomic E-state index is 13.4. The molecule has 0 bridgehead atoms. The van der Waals surface area contributed by atoms with E-state index in [4.69, 9.17) is 9.47 Å². The molecule has 4 aromatic rings. The van der Waals surface area contributed by atoms with Gasteiger partial charge in [0.25, 0.3) is 10.0 Å². The van der Waals surface area contributed by atoms with Crippen LogP contribution in [0.4, 0.5) is 11.4 Å². The van der Waals surface area contributed by atoms with Crippen molar-refractivity contribution in [3.8, 4) is 11.5 Å². The van der Waals surface area contributed by atoms with Crippen LogP contribution in [0.15, 0.2) is 114 Å². The smallest absolute Gasteiger partial charge is 0.264 e.